The molecule has 1 fully saturated rings. The summed E-state index contributed by atoms with van der Waals surface area (Å²) in [6.45, 7) is 2.32. The Morgan fingerprint density at radius 1 is 1.31 bits per heavy atom. The van der Waals surface area contributed by atoms with Crippen LogP contribution in [-0.4, -0.2) is 18.1 Å². The highest BCUT2D eigenvalue weighted by molar-refractivity contribution is 5.38. The van der Waals surface area contributed by atoms with Gasteiger partial charge in [-0.05, 0) is 24.8 Å². The Labute approximate surface area is 97.2 Å². The normalized spacial score (nSPS) is 25.1. The summed E-state index contributed by atoms with van der Waals surface area (Å²) >= 11 is 0. The van der Waals surface area contributed by atoms with Crippen LogP contribution in [0.4, 0.5) is 5.82 Å². The van der Waals surface area contributed by atoms with Crippen LogP contribution in [0.5, 0.6) is 5.88 Å². The quantitative estimate of drug-likeness (QED) is 0.850. The van der Waals surface area contributed by atoms with Gasteiger partial charge in [-0.3, -0.25) is 0 Å². The number of hydrogen-bond acceptors (Lipinski definition) is 3. The fourth-order valence-electron chi connectivity index (χ4n) is 2.33. The van der Waals surface area contributed by atoms with Crippen molar-refractivity contribution in [3.8, 4) is 5.88 Å². The third kappa shape index (κ3) is 2.65. The van der Waals surface area contributed by atoms with Crippen molar-refractivity contribution in [3.05, 3.63) is 18.2 Å². The number of nitrogens with one attached hydrogen (secondary N) is 1. The summed E-state index contributed by atoms with van der Waals surface area (Å²) in [5.74, 6) is 2.34. The molecule has 1 aliphatic rings. The Bertz CT molecular complexity index is 340. The van der Waals surface area contributed by atoms with E-state index >= 15 is 0 Å². The molecule has 0 aromatic carbocycles. The lowest BCUT2D eigenvalue weighted by Crippen LogP contribution is -2.30. The number of anilines is 1. The topological polar surface area (TPSA) is 34.1 Å². The summed E-state index contributed by atoms with van der Waals surface area (Å²) < 4.78 is 5.12. The fourth-order valence-corrected chi connectivity index (χ4v) is 2.33. The standard InChI is InChI=1S/C13H20N2O/c1-10-6-3-4-7-11(10)14-12-8-5-9-13(15-12)16-2/h5,8-11H,3-4,6-7H2,1-2H3,(H,14,15). The summed E-state index contributed by atoms with van der Waals surface area (Å²) in [6, 6.07) is 6.41. The first kappa shape index (κ1) is 11.2. The predicted molar refractivity (Wildman–Crippen MR) is 65.8 cm³/mol. The van der Waals surface area contributed by atoms with Crippen LogP contribution in [0.1, 0.15) is 32.6 Å². The van der Waals surface area contributed by atoms with Gasteiger partial charge in [-0.1, -0.05) is 25.8 Å². The molecule has 0 saturated heterocycles. The van der Waals surface area contributed by atoms with E-state index in [1.165, 1.54) is 25.7 Å². The van der Waals surface area contributed by atoms with E-state index in [2.05, 4.69) is 17.2 Å². The van der Waals surface area contributed by atoms with E-state index in [0.29, 0.717) is 11.9 Å². The molecule has 1 saturated carbocycles. The van der Waals surface area contributed by atoms with E-state index in [4.69, 9.17) is 4.74 Å². The van der Waals surface area contributed by atoms with Crippen LogP contribution >= 0.6 is 0 Å². The maximum Gasteiger partial charge on any atom is 0.214 e. The van der Waals surface area contributed by atoms with Gasteiger partial charge in [-0.2, -0.15) is 4.98 Å². The van der Waals surface area contributed by atoms with Crippen molar-refractivity contribution < 1.29 is 4.74 Å². The van der Waals surface area contributed by atoms with Gasteiger partial charge in [0.1, 0.15) is 5.82 Å². The van der Waals surface area contributed by atoms with Crippen molar-refractivity contribution >= 4 is 5.82 Å². The van der Waals surface area contributed by atoms with E-state index in [1.54, 1.807) is 7.11 Å². The molecular weight excluding hydrogens is 200 g/mol. The van der Waals surface area contributed by atoms with Gasteiger partial charge in [-0.25, -0.2) is 0 Å². The first-order valence-electron chi connectivity index (χ1n) is 6.07. The summed E-state index contributed by atoms with van der Waals surface area (Å²) in [6.07, 6.45) is 5.26. The van der Waals surface area contributed by atoms with Crippen molar-refractivity contribution in [3.63, 3.8) is 0 Å². The Kier molecular flexibility index (Phi) is 3.65. The monoisotopic (exact) mass is 220 g/mol. The highest BCUT2D eigenvalue weighted by Gasteiger charge is 2.21. The highest BCUT2D eigenvalue weighted by Crippen LogP contribution is 2.26. The molecule has 16 heavy (non-hydrogen) atoms. The van der Waals surface area contributed by atoms with Crippen LogP contribution in [0.25, 0.3) is 0 Å². The Balaban J connectivity index is 2.01. The zero-order chi connectivity index (χ0) is 11.4. The average molecular weight is 220 g/mol. The number of methoxy groups -OCH3 is 1. The molecule has 0 amide bonds. The van der Waals surface area contributed by atoms with Gasteiger partial charge in [0, 0.05) is 12.1 Å². The molecular formula is C13H20N2O. The van der Waals surface area contributed by atoms with Gasteiger partial charge in [-0.15, -0.1) is 0 Å². The maximum atomic E-state index is 5.12. The van der Waals surface area contributed by atoms with Crippen LogP contribution in [0, 0.1) is 5.92 Å². The SMILES string of the molecule is COc1cccc(NC2CCCCC2C)n1. The molecule has 3 heteroatoms. The van der Waals surface area contributed by atoms with Crippen molar-refractivity contribution in [2.75, 3.05) is 12.4 Å². The fraction of sp³-hybridized carbons (Fsp3) is 0.615. The number of nitrogens with zero attached hydrogens (tertiary/aromatic N) is 1. The molecule has 0 aliphatic heterocycles. The van der Waals surface area contributed by atoms with Crippen molar-refractivity contribution in [1.29, 1.82) is 0 Å². The molecule has 2 atom stereocenters. The maximum absolute atomic E-state index is 5.12. The van der Waals surface area contributed by atoms with Crippen LogP contribution in [-0.2, 0) is 0 Å². The predicted octanol–water partition coefficient (Wildman–Crippen LogP) is 3.08. The Hall–Kier alpha value is -1.25. The summed E-state index contributed by atoms with van der Waals surface area (Å²) in [5, 5.41) is 3.51. The van der Waals surface area contributed by atoms with Crippen molar-refractivity contribution in [2.45, 2.75) is 38.6 Å². The molecule has 1 aromatic heterocycles. The number of rotatable bonds is 3. The van der Waals surface area contributed by atoms with Crippen LogP contribution in [0.3, 0.4) is 0 Å². The van der Waals surface area contributed by atoms with E-state index in [0.717, 1.165) is 11.7 Å². The van der Waals surface area contributed by atoms with Gasteiger partial charge >= 0.3 is 0 Å². The Morgan fingerprint density at radius 3 is 2.88 bits per heavy atom. The molecule has 0 bridgehead atoms. The molecule has 1 heterocycles. The summed E-state index contributed by atoms with van der Waals surface area (Å²) in [4.78, 5) is 4.39. The highest BCUT2D eigenvalue weighted by atomic mass is 16.5. The van der Waals surface area contributed by atoms with E-state index in [9.17, 15) is 0 Å². The molecule has 2 unspecified atom stereocenters. The van der Waals surface area contributed by atoms with E-state index < -0.39 is 0 Å². The summed E-state index contributed by atoms with van der Waals surface area (Å²) in [5.41, 5.74) is 0. The second-order valence-electron chi connectivity index (χ2n) is 4.58. The molecule has 1 aromatic rings. The molecule has 2 rings (SSSR count). The average Bonchev–Trinajstić information content (AvgIpc) is 2.32. The minimum Gasteiger partial charge on any atom is -0.481 e. The minimum atomic E-state index is 0.563. The third-order valence-corrected chi connectivity index (χ3v) is 3.38. The second-order valence-corrected chi connectivity index (χ2v) is 4.58. The Morgan fingerprint density at radius 2 is 2.12 bits per heavy atom. The number of aromatic nitrogens is 1. The van der Waals surface area contributed by atoms with E-state index in [-0.39, 0.29) is 0 Å². The van der Waals surface area contributed by atoms with E-state index in [1.807, 2.05) is 18.2 Å². The van der Waals surface area contributed by atoms with Crippen molar-refractivity contribution in [2.24, 2.45) is 5.92 Å². The summed E-state index contributed by atoms with van der Waals surface area (Å²) in [7, 11) is 1.65. The molecule has 1 aliphatic carbocycles. The zero-order valence-corrected chi connectivity index (χ0v) is 10.1. The lowest BCUT2D eigenvalue weighted by atomic mass is 9.86. The molecule has 0 spiro atoms. The lowest BCUT2D eigenvalue weighted by molar-refractivity contribution is 0.348. The largest absolute Gasteiger partial charge is 0.481 e. The van der Waals surface area contributed by atoms with Crippen molar-refractivity contribution in [1.82, 2.24) is 4.98 Å². The van der Waals surface area contributed by atoms with Crippen LogP contribution in [0.2, 0.25) is 0 Å². The molecule has 3 nitrogen and oxygen atoms in total. The zero-order valence-electron chi connectivity index (χ0n) is 10.1. The second kappa shape index (κ2) is 5.19. The first-order chi connectivity index (χ1) is 7.79. The number of pyridine rings is 1. The van der Waals surface area contributed by atoms with Crippen LogP contribution < -0.4 is 10.1 Å². The van der Waals surface area contributed by atoms with Gasteiger partial charge in [0.15, 0.2) is 0 Å². The third-order valence-electron chi connectivity index (χ3n) is 3.38. The lowest BCUT2D eigenvalue weighted by Gasteiger charge is -2.29. The molecule has 88 valence electrons. The van der Waals surface area contributed by atoms with Crippen LogP contribution in [0.15, 0.2) is 18.2 Å². The van der Waals surface area contributed by atoms with Gasteiger partial charge in [0.2, 0.25) is 5.88 Å². The molecule has 1 N–H and O–H groups in total. The first-order valence-corrected chi connectivity index (χ1v) is 6.07. The molecule has 0 radical (unpaired) electrons. The van der Waals surface area contributed by atoms with Gasteiger partial charge in [0.25, 0.3) is 0 Å². The number of ether oxygens (including phenoxy) is 1. The van der Waals surface area contributed by atoms with Gasteiger partial charge in [0.05, 0.1) is 7.11 Å². The number of hydrogen-bond donors (Lipinski definition) is 1. The van der Waals surface area contributed by atoms with Gasteiger partial charge < -0.3 is 10.1 Å². The smallest absolute Gasteiger partial charge is 0.214 e. The minimum absolute atomic E-state index is 0.563.